The second-order valence-corrected chi connectivity index (χ2v) is 8.15. The zero-order valence-electron chi connectivity index (χ0n) is 19.0. The number of carboxylic acids is 2. The highest BCUT2D eigenvalue weighted by Gasteiger charge is 2.31. The molecular formula is C21H29N5O9S. The van der Waals surface area contributed by atoms with Crippen molar-refractivity contribution >= 4 is 48.2 Å². The lowest BCUT2D eigenvalue weighted by Crippen LogP contribution is -2.58. The summed E-state index contributed by atoms with van der Waals surface area (Å²) in [6.07, 6.45) is -1.46. The number of hydrogen-bond donors (Lipinski definition) is 9. The van der Waals surface area contributed by atoms with Crippen LogP contribution in [-0.4, -0.2) is 80.8 Å². The van der Waals surface area contributed by atoms with E-state index in [0.717, 1.165) is 0 Å². The molecule has 36 heavy (non-hydrogen) atoms. The molecule has 0 bridgehead atoms. The summed E-state index contributed by atoms with van der Waals surface area (Å²) in [5.41, 5.74) is 11.3. The molecule has 1 rings (SSSR count). The van der Waals surface area contributed by atoms with Crippen LogP contribution in [0.1, 0.15) is 24.8 Å². The van der Waals surface area contributed by atoms with Crippen LogP contribution in [-0.2, 0) is 35.2 Å². The number of hydrogen-bond acceptors (Lipinski definition) is 9. The minimum atomic E-state index is -1.55. The number of carbonyl (C=O) groups is 6. The minimum absolute atomic E-state index is 0.0479. The Morgan fingerprint density at radius 1 is 0.861 bits per heavy atom. The Kier molecular flexibility index (Phi) is 12.2. The van der Waals surface area contributed by atoms with Crippen LogP contribution >= 0.6 is 12.6 Å². The molecule has 15 heteroatoms. The van der Waals surface area contributed by atoms with E-state index in [1.165, 1.54) is 24.3 Å². The predicted molar refractivity (Wildman–Crippen MR) is 128 cm³/mol. The van der Waals surface area contributed by atoms with Crippen molar-refractivity contribution in [1.82, 2.24) is 16.0 Å². The Bertz CT molecular complexity index is 973. The van der Waals surface area contributed by atoms with Crippen LogP contribution in [0.2, 0.25) is 0 Å². The first-order valence-electron chi connectivity index (χ1n) is 10.6. The van der Waals surface area contributed by atoms with Crippen molar-refractivity contribution in [2.24, 2.45) is 11.5 Å². The molecular weight excluding hydrogens is 498 g/mol. The molecule has 0 saturated heterocycles. The molecule has 1 aromatic carbocycles. The van der Waals surface area contributed by atoms with Crippen molar-refractivity contribution < 1.29 is 44.1 Å². The van der Waals surface area contributed by atoms with Gasteiger partial charge in [0.1, 0.15) is 23.9 Å². The molecule has 0 aliphatic heterocycles. The molecule has 0 aliphatic carbocycles. The van der Waals surface area contributed by atoms with E-state index in [4.69, 9.17) is 16.6 Å². The lowest BCUT2D eigenvalue weighted by Gasteiger charge is -2.24. The number of phenolic OH excluding ortho intramolecular Hbond substituents is 1. The van der Waals surface area contributed by atoms with E-state index < -0.39 is 72.6 Å². The smallest absolute Gasteiger partial charge is 0.327 e. The fourth-order valence-electron chi connectivity index (χ4n) is 2.91. The summed E-state index contributed by atoms with van der Waals surface area (Å²) in [5, 5.41) is 34.2. The summed E-state index contributed by atoms with van der Waals surface area (Å²) < 4.78 is 0. The van der Waals surface area contributed by atoms with E-state index in [1.54, 1.807) is 0 Å². The van der Waals surface area contributed by atoms with Crippen LogP contribution in [0.15, 0.2) is 24.3 Å². The standard InChI is InChI=1S/C21H29N5O9S/c22-12(5-6-17(29)30)18(31)24-14(8-16(23)28)20(33)25-13(7-10-1-3-11(27)4-2-10)19(32)26-15(9-36)21(34)35/h1-4,12-15,27,36H,5-9,22H2,(H2,23,28)(H,24,31)(H,25,33)(H,26,32)(H,29,30)(H,34,35). The predicted octanol–water partition coefficient (Wildman–Crippen LogP) is -2.53. The van der Waals surface area contributed by atoms with Gasteiger partial charge in [-0.05, 0) is 24.1 Å². The number of nitrogens with two attached hydrogens (primary N) is 2. The Morgan fingerprint density at radius 2 is 1.39 bits per heavy atom. The topological polar surface area (TPSA) is 251 Å². The number of phenols is 1. The number of aliphatic carboxylic acids is 2. The number of aromatic hydroxyl groups is 1. The Hall–Kier alpha value is -3.85. The van der Waals surface area contributed by atoms with E-state index in [-0.39, 0.29) is 24.3 Å². The van der Waals surface area contributed by atoms with Gasteiger partial charge in [0.25, 0.3) is 0 Å². The molecule has 0 aromatic heterocycles. The number of primary amides is 1. The molecule has 14 nitrogen and oxygen atoms in total. The van der Waals surface area contributed by atoms with Gasteiger partial charge >= 0.3 is 11.9 Å². The van der Waals surface area contributed by atoms with Gasteiger partial charge in [0, 0.05) is 18.6 Å². The first kappa shape index (κ1) is 30.2. The maximum atomic E-state index is 12.9. The van der Waals surface area contributed by atoms with E-state index in [9.17, 15) is 39.0 Å². The average molecular weight is 528 g/mol. The van der Waals surface area contributed by atoms with Crippen molar-refractivity contribution in [2.45, 2.75) is 49.9 Å². The third-order valence-electron chi connectivity index (χ3n) is 4.85. The maximum absolute atomic E-state index is 12.9. The minimum Gasteiger partial charge on any atom is -0.508 e. The number of nitrogens with one attached hydrogen (secondary N) is 3. The highest BCUT2D eigenvalue weighted by molar-refractivity contribution is 7.80. The summed E-state index contributed by atoms with van der Waals surface area (Å²) in [5.74, 6) is -6.60. The van der Waals surface area contributed by atoms with Gasteiger partial charge in [0.2, 0.25) is 23.6 Å². The lowest BCUT2D eigenvalue weighted by atomic mass is 10.0. The summed E-state index contributed by atoms with van der Waals surface area (Å²) in [7, 11) is 0. The van der Waals surface area contributed by atoms with Crippen molar-refractivity contribution in [2.75, 3.05) is 5.75 Å². The Balaban J connectivity index is 3.10. The third-order valence-corrected chi connectivity index (χ3v) is 5.22. The van der Waals surface area contributed by atoms with E-state index in [1.807, 2.05) is 0 Å². The van der Waals surface area contributed by atoms with Crippen LogP contribution in [0.3, 0.4) is 0 Å². The third kappa shape index (κ3) is 10.6. The summed E-state index contributed by atoms with van der Waals surface area (Å²) in [6.45, 7) is 0. The van der Waals surface area contributed by atoms with E-state index in [2.05, 4.69) is 28.6 Å². The van der Waals surface area contributed by atoms with Crippen LogP contribution in [0.25, 0.3) is 0 Å². The molecule has 0 aliphatic rings. The van der Waals surface area contributed by atoms with Gasteiger partial charge < -0.3 is 42.7 Å². The van der Waals surface area contributed by atoms with Crippen molar-refractivity contribution in [3.8, 4) is 5.75 Å². The number of carboxylic acid groups (broad SMARTS) is 2. The number of rotatable bonds is 15. The average Bonchev–Trinajstić information content (AvgIpc) is 2.80. The lowest BCUT2D eigenvalue weighted by molar-refractivity contribution is -0.142. The first-order valence-corrected chi connectivity index (χ1v) is 11.3. The zero-order valence-corrected chi connectivity index (χ0v) is 19.9. The van der Waals surface area contributed by atoms with Gasteiger partial charge in [-0.1, -0.05) is 12.1 Å². The molecule has 0 fully saturated rings. The van der Waals surface area contributed by atoms with Gasteiger partial charge in [-0.15, -0.1) is 0 Å². The van der Waals surface area contributed by atoms with Crippen molar-refractivity contribution in [3.63, 3.8) is 0 Å². The Morgan fingerprint density at radius 3 is 1.89 bits per heavy atom. The number of thiol groups is 1. The summed E-state index contributed by atoms with van der Waals surface area (Å²) >= 11 is 3.88. The SMILES string of the molecule is NC(=O)CC(NC(=O)C(N)CCC(=O)O)C(=O)NC(Cc1ccc(O)cc1)C(=O)NC(CS)C(=O)O. The monoisotopic (exact) mass is 527 g/mol. The number of benzene rings is 1. The van der Waals surface area contributed by atoms with E-state index >= 15 is 0 Å². The van der Waals surface area contributed by atoms with Gasteiger partial charge in [0.15, 0.2) is 0 Å². The van der Waals surface area contributed by atoms with Crippen molar-refractivity contribution in [1.29, 1.82) is 0 Å². The molecule has 4 atom stereocenters. The normalized spacial score (nSPS) is 13.9. The molecule has 198 valence electrons. The molecule has 4 amide bonds. The highest BCUT2D eigenvalue weighted by atomic mass is 32.1. The van der Waals surface area contributed by atoms with Gasteiger partial charge in [-0.2, -0.15) is 12.6 Å². The summed E-state index contributed by atoms with van der Waals surface area (Å²) in [4.78, 5) is 71.5. The van der Waals surface area contributed by atoms with E-state index in [0.29, 0.717) is 5.56 Å². The molecule has 1 aromatic rings. The van der Waals surface area contributed by atoms with Crippen LogP contribution in [0.5, 0.6) is 5.75 Å². The second-order valence-electron chi connectivity index (χ2n) is 7.78. The van der Waals surface area contributed by atoms with Crippen LogP contribution < -0.4 is 27.4 Å². The maximum Gasteiger partial charge on any atom is 0.327 e. The zero-order chi connectivity index (χ0) is 27.4. The fraction of sp³-hybridized carbons (Fsp3) is 0.429. The molecule has 4 unspecified atom stereocenters. The summed E-state index contributed by atoms with van der Waals surface area (Å²) in [6, 6.07) is 0.0416. The number of carbonyl (C=O) groups excluding carboxylic acids is 4. The molecule has 0 radical (unpaired) electrons. The van der Waals surface area contributed by atoms with Crippen molar-refractivity contribution in [3.05, 3.63) is 29.8 Å². The highest BCUT2D eigenvalue weighted by Crippen LogP contribution is 2.12. The quantitative estimate of drug-likeness (QED) is 0.108. The molecule has 10 N–H and O–H groups in total. The Labute approximate surface area is 211 Å². The molecule has 0 spiro atoms. The number of amides is 4. The fourth-order valence-corrected chi connectivity index (χ4v) is 3.15. The van der Waals surface area contributed by atoms with Crippen LogP contribution in [0, 0.1) is 0 Å². The van der Waals surface area contributed by atoms with Gasteiger partial charge in [-0.25, -0.2) is 4.79 Å². The van der Waals surface area contributed by atoms with Gasteiger partial charge in [0.05, 0.1) is 12.5 Å². The molecule has 0 heterocycles. The molecule has 0 saturated carbocycles. The van der Waals surface area contributed by atoms with Gasteiger partial charge in [-0.3, -0.25) is 24.0 Å². The largest absolute Gasteiger partial charge is 0.508 e. The second kappa shape index (κ2) is 14.5. The first-order chi connectivity index (χ1) is 16.8. The van der Waals surface area contributed by atoms with Crippen LogP contribution in [0.4, 0.5) is 0 Å².